The van der Waals surface area contributed by atoms with Gasteiger partial charge in [-0.25, -0.2) is 0 Å². The van der Waals surface area contributed by atoms with Crippen molar-refractivity contribution in [1.82, 2.24) is 9.97 Å². The zero-order valence-electron chi connectivity index (χ0n) is 8.89. The van der Waals surface area contributed by atoms with E-state index >= 15 is 0 Å². The van der Waals surface area contributed by atoms with Crippen molar-refractivity contribution < 1.29 is 0 Å². The van der Waals surface area contributed by atoms with Crippen molar-refractivity contribution in [3.8, 4) is 0 Å². The van der Waals surface area contributed by atoms with Gasteiger partial charge < -0.3 is 5.32 Å². The standard InChI is InChI=1S/C12H12BrN3/c1-9(10-3-2-4-14-6-10)16-12-5-11(13)7-15-8-12/h2-9,16H,1H3. The maximum absolute atomic E-state index is 4.11. The Kier molecular flexibility index (Phi) is 3.51. The molecule has 3 nitrogen and oxygen atoms in total. The first kappa shape index (κ1) is 11.1. The van der Waals surface area contributed by atoms with Crippen molar-refractivity contribution in [3.05, 3.63) is 53.0 Å². The molecule has 0 radical (unpaired) electrons. The van der Waals surface area contributed by atoms with Gasteiger partial charge in [0, 0.05) is 23.1 Å². The highest BCUT2D eigenvalue weighted by molar-refractivity contribution is 9.10. The molecule has 0 aliphatic rings. The summed E-state index contributed by atoms with van der Waals surface area (Å²) in [6, 6.07) is 6.20. The van der Waals surface area contributed by atoms with Crippen molar-refractivity contribution in [3.63, 3.8) is 0 Å². The normalized spacial score (nSPS) is 12.1. The minimum atomic E-state index is 0.213. The fourth-order valence-corrected chi connectivity index (χ4v) is 1.82. The van der Waals surface area contributed by atoms with Gasteiger partial charge in [-0.05, 0) is 40.5 Å². The van der Waals surface area contributed by atoms with Gasteiger partial charge in [-0.3, -0.25) is 9.97 Å². The van der Waals surface area contributed by atoms with E-state index < -0.39 is 0 Å². The van der Waals surface area contributed by atoms with E-state index in [1.807, 2.05) is 18.3 Å². The third-order valence-electron chi connectivity index (χ3n) is 2.27. The second-order valence-corrected chi connectivity index (χ2v) is 4.46. The zero-order valence-corrected chi connectivity index (χ0v) is 10.5. The summed E-state index contributed by atoms with van der Waals surface area (Å²) < 4.78 is 0.968. The molecule has 0 aliphatic heterocycles. The molecule has 16 heavy (non-hydrogen) atoms. The van der Waals surface area contributed by atoms with Crippen LogP contribution in [0.4, 0.5) is 5.69 Å². The van der Waals surface area contributed by atoms with Gasteiger partial charge in [-0.1, -0.05) is 6.07 Å². The molecule has 0 fully saturated rings. The maximum atomic E-state index is 4.11. The predicted molar refractivity (Wildman–Crippen MR) is 68.2 cm³/mol. The van der Waals surface area contributed by atoms with Crippen LogP contribution in [0.1, 0.15) is 18.5 Å². The van der Waals surface area contributed by atoms with Crippen LogP contribution in [0.2, 0.25) is 0 Å². The Balaban J connectivity index is 2.11. The molecule has 2 rings (SSSR count). The number of nitrogens with one attached hydrogen (secondary N) is 1. The summed E-state index contributed by atoms with van der Waals surface area (Å²) in [5.74, 6) is 0. The number of hydrogen-bond acceptors (Lipinski definition) is 3. The van der Waals surface area contributed by atoms with Gasteiger partial charge in [0.25, 0.3) is 0 Å². The zero-order chi connectivity index (χ0) is 11.4. The molecule has 0 saturated carbocycles. The van der Waals surface area contributed by atoms with Crippen LogP contribution in [0.5, 0.6) is 0 Å². The molecule has 1 atom stereocenters. The van der Waals surface area contributed by atoms with Crippen molar-refractivity contribution in [1.29, 1.82) is 0 Å². The monoisotopic (exact) mass is 277 g/mol. The molecule has 0 aromatic carbocycles. The highest BCUT2D eigenvalue weighted by atomic mass is 79.9. The summed E-state index contributed by atoms with van der Waals surface area (Å²) in [6.45, 7) is 2.10. The molecule has 4 heteroatoms. The Bertz CT molecular complexity index is 459. The van der Waals surface area contributed by atoms with Crippen LogP contribution in [0.25, 0.3) is 0 Å². The highest BCUT2D eigenvalue weighted by Crippen LogP contribution is 2.20. The molecule has 2 aromatic rings. The molecule has 2 heterocycles. The van der Waals surface area contributed by atoms with Gasteiger partial charge in [0.1, 0.15) is 0 Å². The van der Waals surface area contributed by atoms with Crippen LogP contribution < -0.4 is 5.32 Å². The Morgan fingerprint density at radius 1 is 1.25 bits per heavy atom. The van der Waals surface area contributed by atoms with Crippen LogP contribution in [0, 0.1) is 0 Å². The van der Waals surface area contributed by atoms with E-state index in [-0.39, 0.29) is 6.04 Å². The second kappa shape index (κ2) is 5.07. The highest BCUT2D eigenvalue weighted by Gasteiger charge is 2.04. The van der Waals surface area contributed by atoms with Crippen LogP contribution in [-0.2, 0) is 0 Å². The Hall–Kier alpha value is -1.42. The fourth-order valence-electron chi connectivity index (χ4n) is 1.46. The van der Waals surface area contributed by atoms with E-state index in [1.54, 1.807) is 18.6 Å². The minimum absolute atomic E-state index is 0.213. The predicted octanol–water partition coefficient (Wildman–Crippen LogP) is 3.41. The molecule has 2 aromatic heterocycles. The summed E-state index contributed by atoms with van der Waals surface area (Å²) in [7, 11) is 0. The molecule has 0 aliphatic carbocycles. The number of pyridine rings is 2. The van der Waals surface area contributed by atoms with Crippen LogP contribution >= 0.6 is 15.9 Å². The second-order valence-electron chi connectivity index (χ2n) is 3.54. The summed E-state index contributed by atoms with van der Waals surface area (Å²) in [4.78, 5) is 8.21. The molecule has 82 valence electrons. The van der Waals surface area contributed by atoms with E-state index in [2.05, 4.69) is 44.2 Å². The summed E-state index contributed by atoms with van der Waals surface area (Å²) in [5.41, 5.74) is 2.15. The lowest BCUT2D eigenvalue weighted by atomic mass is 10.1. The molecular weight excluding hydrogens is 266 g/mol. The van der Waals surface area contributed by atoms with Crippen LogP contribution in [-0.4, -0.2) is 9.97 Å². The average molecular weight is 278 g/mol. The van der Waals surface area contributed by atoms with Gasteiger partial charge in [-0.2, -0.15) is 0 Å². The summed E-state index contributed by atoms with van der Waals surface area (Å²) in [6.07, 6.45) is 7.21. The molecule has 0 spiro atoms. The first-order chi connectivity index (χ1) is 7.75. The number of hydrogen-bond donors (Lipinski definition) is 1. The quantitative estimate of drug-likeness (QED) is 0.934. The lowest BCUT2D eigenvalue weighted by Crippen LogP contribution is -2.06. The number of nitrogens with zero attached hydrogens (tertiary/aromatic N) is 2. The molecule has 0 bridgehead atoms. The number of halogens is 1. The minimum Gasteiger partial charge on any atom is -0.377 e. The van der Waals surface area contributed by atoms with E-state index in [9.17, 15) is 0 Å². The number of rotatable bonds is 3. The SMILES string of the molecule is CC(Nc1cncc(Br)c1)c1cccnc1. The lowest BCUT2D eigenvalue weighted by Gasteiger charge is -2.14. The van der Waals surface area contributed by atoms with E-state index in [0.29, 0.717) is 0 Å². The lowest BCUT2D eigenvalue weighted by molar-refractivity contribution is 0.874. The Morgan fingerprint density at radius 3 is 2.81 bits per heavy atom. The van der Waals surface area contributed by atoms with Gasteiger partial charge in [0.2, 0.25) is 0 Å². The first-order valence-corrected chi connectivity index (χ1v) is 5.82. The van der Waals surface area contributed by atoms with Gasteiger partial charge in [-0.15, -0.1) is 0 Å². The molecule has 1 N–H and O–H groups in total. The fraction of sp³-hybridized carbons (Fsp3) is 0.167. The number of aromatic nitrogens is 2. The third kappa shape index (κ3) is 2.79. The third-order valence-corrected chi connectivity index (χ3v) is 2.71. The Morgan fingerprint density at radius 2 is 2.12 bits per heavy atom. The van der Waals surface area contributed by atoms with Crippen molar-refractivity contribution in [2.75, 3.05) is 5.32 Å². The van der Waals surface area contributed by atoms with E-state index in [1.165, 1.54) is 0 Å². The van der Waals surface area contributed by atoms with Crippen molar-refractivity contribution >= 4 is 21.6 Å². The molecule has 0 amide bonds. The first-order valence-electron chi connectivity index (χ1n) is 5.03. The largest absolute Gasteiger partial charge is 0.377 e. The topological polar surface area (TPSA) is 37.8 Å². The van der Waals surface area contributed by atoms with E-state index in [4.69, 9.17) is 0 Å². The van der Waals surface area contributed by atoms with Gasteiger partial charge in [0.05, 0.1) is 17.9 Å². The molecular formula is C12H12BrN3. The smallest absolute Gasteiger partial charge is 0.0542 e. The summed E-state index contributed by atoms with van der Waals surface area (Å²) >= 11 is 3.39. The van der Waals surface area contributed by atoms with Crippen molar-refractivity contribution in [2.24, 2.45) is 0 Å². The summed E-state index contributed by atoms with van der Waals surface area (Å²) in [5, 5.41) is 3.37. The van der Waals surface area contributed by atoms with Crippen molar-refractivity contribution in [2.45, 2.75) is 13.0 Å². The maximum Gasteiger partial charge on any atom is 0.0542 e. The Labute approximate surface area is 103 Å². The number of anilines is 1. The van der Waals surface area contributed by atoms with Gasteiger partial charge >= 0.3 is 0 Å². The average Bonchev–Trinajstić information content (AvgIpc) is 2.30. The van der Waals surface area contributed by atoms with Crippen LogP contribution in [0.3, 0.4) is 0 Å². The van der Waals surface area contributed by atoms with Gasteiger partial charge in [0.15, 0.2) is 0 Å². The molecule has 0 saturated heterocycles. The molecule has 1 unspecified atom stereocenters. The van der Waals surface area contributed by atoms with Crippen LogP contribution in [0.15, 0.2) is 47.5 Å². The van der Waals surface area contributed by atoms with E-state index in [0.717, 1.165) is 15.7 Å².